The first kappa shape index (κ1) is 43.6. The molecule has 4 atom stereocenters. The molecule has 0 saturated carbocycles. The zero-order chi connectivity index (χ0) is 26.5. The maximum atomic E-state index is 9.33. The molecule has 36 heavy (non-hydrogen) atoms. The largest absolute Gasteiger partial charge is 0.553 e. The van der Waals surface area contributed by atoms with Crippen LogP contribution in [0.2, 0.25) is 0 Å². The van der Waals surface area contributed by atoms with Gasteiger partial charge < -0.3 is 54.0 Å². The minimum absolute atomic E-state index is 0. The number of hydrogen-bond acceptors (Lipinski definition) is 11. The van der Waals surface area contributed by atoms with Crippen molar-refractivity contribution >= 4 is 0 Å². The summed E-state index contributed by atoms with van der Waals surface area (Å²) < 4.78 is 28.5. The van der Waals surface area contributed by atoms with Gasteiger partial charge in [-0.2, -0.15) is 0 Å². The summed E-state index contributed by atoms with van der Waals surface area (Å²) in [6.07, 6.45) is 1.31. The van der Waals surface area contributed by atoms with Crippen LogP contribution in [-0.2, 0) is 28.4 Å². The predicted octanol–water partition coefficient (Wildman–Crippen LogP) is 0.631. The fourth-order valence-electron chi connectivity index (χ4n) is 2.03. The van der Waals surface area contributed by atoms with E-state index in [-0.39, 0.29) is 32.5 Å². The zero-order valence-electron chi connectivity index (χ0n) is 22.1. The minimum Gasteiger partial charge on any atom is -0.553 e. The Kier molecular flexibility index (Phi) is 45.0. The van der Waals surface area contributed by atoms with E-state index in [0.29, 0.717) is 52.3 Å². The van der Waals surface area contributed by atoms with Gasteiger partial charge in [-0.15, -0.1) is 0 Å². The van der Waals surface area contributed by atoms with E-state index in [1.54, 1.807) is 6.92 Å². The van der Waals surface area contributed by atoms with Crippen LogP contribution in [0.5, 0.6) is 0 Å². The van der Waals surface area contributed by atoms with Crippen molar-refractivity contribution in [2.24, 2.45) is 0 Å². The van der Waals surface area contributed by atoms with Gasteiger partial charge in [-0.25, -0.2) is 28.4 Å². The molecular formula is C23H48O11Rf2-4. The van der Waals surface area contributed by atoms with E-state index in [4.69, 9.17) is 24.8 Å². The van der Waals surface area contributed by atoms with Crippen LogP contribution in [0.3, 0.4) is 0 Å². The van der Waals surface area contributed by atoms with Gasteiger partial charge in [0.2, 0.25) is 0 Å². The summed E-state index contributed by atoms with van der Waals surface area (Å²) in [5.74, 6) is 0. The molecule has 0 amide bonds. The molecule has 0 aromatic carbocycles. The molecule has 0 aromatic heterocycles. The van der Waals surface area contributed by atoms with Gasteiger partial charge in [0, 0.05) is 59.5 Å². The monoisotopic (exact) mass is 1030 g/mol. The van der Waals surface area contributed by atoms with Gasteiger partial charge in [0.25, 0.3) is 0 Å². The predicted molar refractivity (Wildman–Crippen MR) is 127 cm³/mol. The topological polar surface area (TPSA) is 157 Å². The van der Waals surface area contributed by atoms with E-state index in [9.17, 15) is 10.2 Å². The summed E-state index contributed by atoms with van der Waals surface area (Å²) in [4.78, 5) is 0. The minimum atomic E-state index is -0.572. The molecule has 0 rings (SSSR count). The average molecular weight is 1030 g/mol. The molecule has 0 heterocycles. The van der Waals surface area contributed by atoms with E-state index in [1.165, 1.54) is 0 Å². The van der Waals surface area contributed by atoms with Crippen molar-refractivity contribution in [1.82, 2.24) is 0 Å². The second-order valence-corrected chi connectivity index (χ2v) is 7.32. The molecule has 0 aromatic rings. The van der Waals surface area contributed by atoms with Gasteiger partial charge in [0.05, 0.1) is 24.4 Å². The number of aliphatic hydroxyl groups excluding tert-OH is 5. The molecule has 0 saturated heterocycles. The van der Waals surface area contributed by atoms with Gasteiger partial charge in [-0.3, -0.25) is 0 Å². The second kappa shape index (κ2) is 37.1. The third kappa shape index (κ3) is 45.1. The molecule has 0 aliphatic carbocycles. The molecule has 0 spiro atoms. The van der Waals surface area contributed by atoms with E-state index in [2.05, 4.69) is 47.4 Å². The summed E-state index contributed by atoms with van der Waals surface area (Å²) in [5.41, 5.74) is 0. The van der Waals surface area contributed by atoms with Crippen LogP contribution in [-0.4, -0.2) is 109 Å². The number of unbranched alkanes of at least 4 members (excludes halogenated alkanes) is 1. The van der Waals surface area contributed by atoms with Crippen molar-refractivity contribution in [3.05, 3.63) is 28.4 Å². The van der Waals surface area contributed by atoms with Gasteiger partial charge >= 0.3 is 0 Å². The van der Waals surface area contributed by atoms with Gasteiger partial charge in [0.15, 0.2) is 0 Å². The van der Waals surface area contributed by atoms with E-state index in [1.807, 2.05) is 0 Å². The number of ether oxygens (including phenoxy) is 6. The van der Waals surface area contributed by atoms with E-state index < -0.39 is 18.3 Å². The third-order valence-electron chi connectivity index (χ3n) is 3.77. The van der Waals surface area contributed by atoms with Crippen LogP contribution >= 0.6 is 0 Å². The summed E-state index contributed by atoms with van der Waals surface area (Å²) in [5, 5.41) is 44.0. The molecule has 0 bridgehead atoms. The molecule has 0 aliphatic heterocycles. The maximum absolute atomic E-state index is 9.33. The fourth-order valence-corrected chi connectivity index (χ4v) is 2.03. The summed E-state index contributed by atoms with van der Waals surface area (Å²) >= 11 is 0. The van der Waals surface area contributed by atoms with Crippen LogP contribution in [0.1, 0.15) is 39.0 Å². The van der Waals surface area contributed by atoms with Crippen LogP contribution in [0.15, 0.2) is 0 Å². The standard InChI is InChI=1S/C14H28O6.C5H11O3.C4H9O2.2Rf/c1-17-11-13(15)5-9-19-7-3-4-8-20-10-6-14(16)12-18-2;1-8-4-5(7)2-3-6;1-4(5)3-6-2;;/h13-16H,1-12H2;5-7H,1-4H2;4-5H,2-3H2,1H3;;/q-2;2*-1;;. The van der Waals surface area contributed by atoms with Crippen LogP contribution in [0, 0.1) is 28.4 Å². The smallest absolute Gasteiger partial charge is 0.0765 e. The first-order valence-electron chi connectivity index (χ1n) is 11.2. The van der Waals surface area contributed by atoms with E-state index >= 15 is 0 Å². The third-order valence-corrected chi connectivity index (χ3v) is 3.77. The molecule has 13 heteroatoms. The summed E-state index contributed by atoms with van der Waals surface area (Å²) in [6, 6.07) is 0. The second-order valence-electron chi connectivity index (χ2n) is 7.32. The number of aliphatic hydroxyl groups is 5. The normalized spacial score (nSPS) is 13.5. The van der Waals surface area contributed by atoms with Gasteiger partial charge in [-0.05, 0) is 39.0 Å². The Morgan fingerprint density at radius 2 is 0.889 bits per heavy atom. The quantitative estimate of drug-likeness (QED) is 0.0813. The van der Waals surface area contributed by atoms with Crippen molar-refractivity contribution < 1.29 is 54.0 Å². The molecule has 5 N–H and O–H groups in total. The Morgan fingerprint density at radius 3 is 1.14 bits per heavy atom. The summed E-state index contributed by atoms with van der Waals surface area (Å²) in [6.45, 7) is 4.96. The first-order chi connectivity index (χ1) is 16.3. The number of rotatable bonds is 21. The van der Waals surface area contributed by atoms with E-state index in [0.717, 1.165) is 12.8 Å². The molecule has 0 fully saturated rings. The first-order valence-corrected chi connectivity index (χ1v) is 11.2. The van der Waals surface area contributed by atoms with Gasteiger partial charge in [0.1, 0.15) is 0 Å². The molecule has 0 radical (unpaired) electrons. The molecule has 11 nitrogen and oxygen atoms in total. The van der Waals surface area contributed by atoms with Crippen molar-refractivity contribution in [1.29, 1.82) is 0 Å². The Morgan fingerprint density at radius 1 is 0.556 bits per heavy atom. The molecule has 214 valence electrons. The maximum Gasteiger partial charge on any atom is 0.0765 e. The summed E-state index contributed by atoms with van der Waals surface area (Å²) in [7, 11) is 12.5. The van der Waals surface area contributed by atoms with Crippen molar-refractivity contribution in [3.63, 3.8) is 0 Å². The van der Waals surface area contributed by atoms with Crippen molar-refractivity contribution in [2.75, 3.05) is 59.5 Å². The van der Waals surface area contributed by atoms with Crippen LogP contribution < -0.4 is 0 Å². The fraction of sp³-hybridized carbons (Fsp3) is 0.826. The Bertz CT molecular complexity index is 334. The molecule has 0 aliphatic rings. The SMILES string of the molecule is [CH2-]OCC(C)O.[CH2-]OCC(O)CCO.[CH2-]OCC(O)CCOCCCCOCCC(O)CO[CH2-].[Rf].[Rf]. The van der Waals surface area contributed by atoms with Crippen molar-refractivity contribution in [2.45, 2.75) is 63.4 Å². The number of hydrogen-bond donors (Lipinski definition) is 5. The molecular weight excluding hydrogens is 986 g/mol. The Labute approximate surface area is 205 Å². The molecule has 4 unspecified atom stereocenters. The van der Waals surface area contributed by atoms with Crippen molar-refractivity contribution in [3.8, 4) is 0 Å². The Balaban J connectivity index is -0.000000166. The van der Waals surface area contributed by atoms with Crippen LogP contribution in [0.25, 0.3) is 0 Å². The van der Waals surface area contributed by atoms with Gasteiger partial charge in [-0.1, -0.05) is 0 Å². The zero-order valence-corrected chi connectivity index (χ0v) is 34.9. The average Bonchev–Trinajstić information content (AvgIpc) is 2.76. The van der Waals surface area contributed by atoms with Crippen LogP contribution in [0.4, 0.5) is 0 Å². The Hall–Kier alpha value is -2.44.